The Morgan fingerprint density at radius 3 is 2.65 bits per heavy atom. The van der Waals surface area contributed by atoms with E-state index in [1.165, 1.54) is 5.69 Å². The van der Waals surface area contributed by atoms with Gasteiger partial charge in [-0.3, -0.25) is 9.48 Å². The Labute approximate surface area is 157 Å². The lowest BCUT2D eigenvalue weighted by atomic mass is 9.61. The number of amides is 1. The molecule has 2 aliphatic rings. The lowest BCUT2D eigenvalue weighted by Crippen LogP contribution is -2.61. The molecule has 1 aromatic rings. The van der Waals surface area contributed by atoms with Gasteiger partial charge < -0.3 is 14.9 Å². The minimum Gasteiger partial charge on any atom is -0.396 e. The van der Waals surface area contributed by atoms with Crippen molar-refractivity contribution >= 4 is 12.2 Å². The molecule has 1 atom stereocenters. The van der Waals surface area contributed by atoms with Gasteiger partial charge in [-0.2, -0.15) is 5.10 Å². The highest BCUT2D eigenvalue weighted by atomic mass is 16.3. The molecule has 2 heterocycles. The van der Waals surface area contributed by atoms with E-state index in [0.717, 1.165) is 51.1 Å². The second-order valence-corrected chi connectivity index (χ2v) is 9.21. The Balaban J connectivity index is 1.70. The summed E-state index contributed by atoms with van der Waals surface area (Å²) < 4.78 is 2.19. The van der Waals surface area contributed by atoms with Crippen LogP contribution in [0.1, 0.15) is 58.7 Å². The smallest absolute Gasteiger partial charge is 0.209 e. The Bertz CT molecular complexity index is 640. The first-order valence-electron chi connectivity index (χ1n) is 9.87. The zero-order chi connectivity index (χ0) is 19.1. The molecule has 0 radical (unpaired) electrons. The van der Waals surface area contributed by atoms with E-state index in [9.17, 15) is 9.90 Å². The number of aryl methyl sites for hydroxylation is 1. The summed E-state index contributed by atoms with van der Waals surface area (Å²) in [6, 6.07) is 2.65. The van der Waals surface area contributed by atoms with Gasteiger partial charge in [-0.15, -0.1) is 0 Å². The maximum Gasteiger partial charge on any atom is 0.209 e. The minimum atomic E-state index is -0.0538. The van der Waals surface area contributed by atoms with Gasteiger partial charge in [0, 0.05) is 49.0 Å². The van der Waals surface area contributed by atoms with Crippen molar-refractivity contribution in [2.24, 2.45) is 11.3 Å². The standard InChI is InChI=1S/C20H34N4O2/c1-6-23(19(4,5)8-15(2)11-25)18-7-16(3)24(21-18)17-9-20(10-17)12-22(13-20)14-26/h7,14-15,17,25H,6,8-13H2,1-5H3. The molecule has 0 bridgehead atoms. The number of nitrogens with zero attached hydrogens (tertiary/aromatic N) is 4. The summed E-state index contributed by atoms with van der Waals surface area (Å²) in [7, 11) is 0. The predicted molar refractivity (Wildman–Crippen MR) is 103 cm³/mol. The van der Waals surface area contributed by atoms with E-state index in [-0.39, 0.29) is 18.1 Å². The normalized spacial score (nSPS) is 20.6. The molecular weight excluding hydrogens is 328 g/mol. The van der Waals surface area contributed by atoms with Gasteiger partial charge in [0.15, 0.2) is 5.82 Å². The van der Waals surface area contributed by atoms with Crippen molar-refractivity contribution in [3.8, 4) is 0 Å². The fourth-order valence-electron chi connectivity index (χ4n) is 5.16. The van der Waals surface area contributed by atoms with Gasteiger partial charge in [0.25, 0.3) is 0 Å². The van der Waals surface area contributed by atoms with E-state index in [1.807, 2.05) is 4.90 Å². The van der Waals surface area contributed by atoms with Crippen LogP contribution in [0.4, 0.5) is 5.82 Å². The first-order chi connectivity index (χ1) is 12.2. The van der Waals surface area contributed by atoms with Crippen molar-refractivity contribution < 1.29 is 9.90 Å². The molecule has 1 saturated heterocycles. The second-order valence-electron chi connectivity index (χ2n) is 9.21. The number of carbonyl (C=O) groups is 1. The minimum absolute atomic E-state index is 0.0538. The third-order valence-corrected chi connectivity index (χ3v) is 6.30. The van der Waals surface area contributed by atoms with Gasteiger partial charge in [0.2, 0.25) is 6.41 Å². The van der Waals surface area contributed by atoms with Crippen molar-refractivity contribution in [3.63, 3.8) is 0 Å². The van der Waals surface area contributed by atoms with Crippen LogP contribution < -0.4 is 4.90 Å². The Kier molecular flexibility index (Phi) is 5.08. The fourth-order valence-corrected chi connectivity index (χ4v) is 5.16. The fraction of sp³-hybridized carbons (Fsp3) is 0.800. The van der Waals surface area contributed by atoms with E-state index in [4.69, 9.17) is 5.10 Å². The van der Waals surface area contributed by atoms with Crippen molar-refractivity contribution in [3.05, 3.63) is 11.8 Å². The molecule has 0 aromatic carbocycles. The van der Waals surface area contributed by atoms with Gasteiger partial charge in [-0.25, -0.2) is 0 Å². The number of carbonyl (C=O) groups excluding carboxylic acids is 1. The van der Waals surface area contributed by atoms with Crippen LogP contribution in [-0.4, -0.2) is 58.0 Å². The Morgan fingerprint density at radius 1 is 1.46 bits per heavy atom. The molecule has 1 amide bonds. The molecule has 26 heavy (non-hydrogen) atoms. The van der Waals surface area contributed by atoms with Crippen LogP contribution in [0.2, 0.25) is 0 Å². The van der Waals surface area contributed by atoms with Crippen LogP contribution in [0, 0.1) is 18.3 Å². The molecule has 6 heteroatoms. The third-order valence-electron chi connectivity index (χ3n) is 6.30. The van der Waals surface area contributed by atoms with Gasteiger partial charge in [0.05, 0.1) is 6.04 Å². The summed E-state index contributed by atoms with van der Waals surface area (Å²) in [5.41, 5.74) is 1.50. The highest BCUT2D eigenvalue weighted by molar-refractivity contribution is 5.50. The highest BCUT2D eigenvalue weighted by Crippen LogP contribution is 2.54. The highest BCUT2D eigenvalue weighted by Gasteiger charge is 2.53. The lowest BCUT2D eigenvalue weighted by Gasteiger charge is -2.58. The van der Waals surface area contributed by atoms with Crippen molar-refractivity contribution in [2.45, 2.75) is 65.5 Å². The maximum atomic E-state index is 10.8. The number of rotatable bonds is 8. The number of likely N-dealkylation sites (tertiary alicyclic amines) is 1. The molecule has 2 fully saturated rings. The van der Waals surface area contributed by atoms with Crippen LogP contribution >= 0.6 is 0 Å². The van der Waals surface area contributed by atoms with E-state index in [1.54, 1.807) is 0 Å². The number of hydrogen-bond acceptors (Lipinski definition) is 4. The zero-order valence-electron chi connectivity index (χ0n) is 16.9. The number of aliphatic hydroxyl groups excluding tert-OH is 1. The lowest BCUT2D eigenvalue weighted by molar-refractivity contribution is -0.140. The second kappa shape index (κ2) is 6.87. The molecular formula is C20H34N4O2. The first-order valence-corrected chi connectivity index (χ1v) is 9.87. The Morgan fingerprint density at radius 2 is 2.12 bits per heavy atom. The molecule has 1 aliphatic carbocycles. The quantitative estimate of drug-likeness (QED) is 0.722. The van der Waals surface area contributed by atoms with Crippen LogP contribution in [0.15, 0.2) is 6.07 Å². The number of anilines is 1. The summed E-state index contributed by atoms with van der Waals surface area (Å²) >= 11 is 0. The van der Waals surface area contributed by atoms with Crippen LogP contribution in [-0.2, 0) is 4.79 Å². The topological polar surface area (TPSA) is 61.6 Å². The summed E-state index contributed by atoms with van der Waals surface area (Å²) in [6.45, 7) is 13.8. The van der Waals surface area contributed by atoms with Gasteiger partial charge in [0.1, 0.15) is 0 Å². The molecule has 1 aromatic heterocycles. The van der Waals surface area contributed by atoms with Crippen molar-refractivity contribution in [2.75, 3.05) is 31.1 Å². The molecule has 1 saturated carbocycles. The van der Waals surface area contributed by atoms with Gasteiger partial charge in [-0.05, 0) is 52.9 Å². The number of aromatic nitrogens is 2. The summed E-state index contributed by atoms with van der Waals surface area (Å²) in [6.07, 6.45) is 4.13. The first kappa shape index (κ1) is 19.2. The van der Waals surface area contributed by atoms with Crippen molar-refractivity contribution in [1.82, 2.24) is 14.7 Å². The zero-order valence-corrected chi connectivity index (χ0v) is 16.9. The maximum absolute atomic E-state index is 10.8. The third kappa shape index (κ3) is 3.36. The van der Waals surface area contributed by atoms with E-state index >= 15 is 0 Å². The van der Waals surface area contributed by atoms with Crippen LogP contribution in [0.5, 0.6) is 0 Å². The number of hydrogen-bond donors (Lipinski definition) is 1. The summed E-state index contributed by atoms with van der Waals surface area (Å²) in [4.78, 5) is 15.0. The van der Waals surface area contributed by atoms with Crippen LogP contribution in [0.3, 0.4) is 0 Å². The monoisotopic (exact) mass is 362 g/mol. The molecule has 6 nitrogen and oxygen atoms in total. The summed E-state index contributed by atoms with van der Waals surface area (Å²) in [5.74, 6) is 1.30. The predicted octanol–water partition coefficient (Wildman–Crippen LogP) is 2.61. The molecule has 1 aliphatic heterocycles. The average molecular weight is 363 g/mol. The Hall–Kier alpha value is -1.56. The average Bonchev–Trinajstić information content (AvgIpc) is 2.86. The van der Waals surface area contributed by atoms with E-state index in [0.29, 0.717) is 11.5 Å². The van der Waals surface area contributed by atoms with Gasteiger partial charge in [-0.1, -0.05) is 6.92 Å². The van der Waals surface area contributed by atoms with E-state index in [2.05, 4.69) is 50.3 Å². The number of aliphatic hydroxyl groups is 1. The summed E-state index contributed by atoms with van der Waals surface area (Å²) in [5, 5.41) is 14.4. The van der Waals surface area contributed by atoms with Crippen LogP contribution in [0.25, 0.3) is 0 Å². The molecule has 1 N–H and O–H groups in total. The SMILES string of the molecule is CCN(c1cc(C)n(C2CC3(C2)CN(C=O)C3)n1)C(C)(C)CC(C)CO. The van der Waals surface area contributed by atoms with Gasteiger partial charge >= 0.3 is 0 Å². The molecule has 1 spiro atoms. The molecule has 1 unspecified atom stereocenters. The van der Waals surface area contributed by atoms with Crippen molar-refractivity contribution in [1.29, 1.82) is 0 Å². The molecule has 146 valence electrons. The molecule has 3 rings (SSSR count). The van der Waals surface area contributed by atoms with E-state index < -0.39 is 0 Å². The largest absolute Gasteiger partial charge is 0.396 e.